The van der Waals surface area contributed by atoms with Crippen molar-refractivity contribution in [2.75, 3.05) is 13.1 Å². The second-order valence-electron chi connectivity index (χ2n) is 7.83. The van der Waals surface area contributed by atoms with Crippen molar-refractivity contribution in [2.24, 2.45) is 0 Å². The van der Waals surface area contributed by atoms with E-state index in [4.69, 9.17) is 27.9 Å². The fourth-order valence-corrected chi connectivity index (χ4v) is 5.02. The number of aromatic nitrogens is 4. The zero-order chi connectivity index (χ0) is 20.8. The molecule has 1 N–H and O–H groups in total. The fraction of sp³-hybridized carbons (Fsp3) is 0.381. The molecule has 3 aromatic rings. The SMILES string of the molecule is Cc1nnnn1-c1ccc(O[C@H]2c3cc(Cl)cc(Cl)c3C[C@@H]2N2CCC(O)C2)cc1. The first-order valence-electron chi connectivity index (χ1n) is 9.91. The van der Waals surface area contributed by atoms with Gasteiger partial charge in [0.15, 0.2) is 5.82 Å². The van der Waals surface area contributed by atoms with Gasteiger partial charge >= 0.3 is 0 Å². The summed E-state index contributed by atoms with van der Waals surface area (Å²) in [7, 11) is 0. The Morgan fingerprint density at radius 2 is 1.97 bits per heavy atom. The summed E-state index contributed by atoms with van der Waals surface area (Å²) in [6, 6.07) is 11.5. The number of rotatable bonds is 4. The predicted octanol–water partition coefficient (Wildman–Crippen LogP) is 3.39. The summed E-state index contributed by atoms with van der Waals surface area (Å²) in [5.74, 6) is 1.45. The van der Waals surface area contributed by atoms with Gasteiger partial charge in [-0.2, -0.15) is 4.68 Å². The molecular weight excluding hydrogens is 425 g/mol. The van der Waals surface area contributed by atoms with Gasteiger partial charge in [-0.05, 0) is 72.2 Å². The Morgan fingerprint density at radius 1 is 1.17 bits per heavy atom. The summed E-state index contributed by atoms with van der Waals surface area (Å²) in [5.41, 5.74) is 2.94. The van der Waals surface area contributed by atoms with E-state index < -0.39 is 0 Å². The molecule has 0 saturated carbocycles. The van der Waals surface area contributed by atoms with Crippen LogP contribution in [0, 0.1) is 6.92 Å². The number of tetrazole rings is 1. The number of fused-ring (bicyclic) bond motifs is 1. The normalized spacial score (nSPS) is 23.7. The third-order valence-corrected chi connectivity index (χ3v) is 6.45. The molecule has 2 aromatic carbocycles. The van der Waals surface area contributed by atoms with E-state index in [1.54, 1.807) is 10.7 Å². The van der Waals surface area contributed by atoms with E-state index in [9.17, 15) is 5.11 Å². The Morgan fingerprint density at radius 3 is 2.63 bits per heavy atom. The smallest absolute Gasteiger partial charge is 0.153 e. The van der Waals surface area contributed by atoms with E-state index in [0.717, 1.165) is 42.0 Å². The summed E-state index contributed by atoms with van der Waals surface area (Å²) >= 11 is 12.8. The van der Waals surface area contributed by atoms with Gasteiger partial charge in [0.2, 0.25) is 0 Å². The molecule has 1 aromatic heterocycles. The number of ether oxygens (including phenoxy) is 1. The molecule has 0 amide bonds. The number of halogens is 2. The first kappa shape index (κ1) is 19.8. The van der Waals surface area contributed by atoms with E-state index in [1.807, 2.05) is 37.3 Å². The third kappa shape index (κ3) is 3.56. The molecule has 7 nitrogen and oxygen atoms in total. The van der Waals surface area contributed by atoms with Gasteiger partial charge in [0.05, 0.1) is 17.8 Å². The molecule has 0 bridgehead atoms. The lowest BCUT2D eigenvalue weighted by molar-refractivity contribution is 0.0818. The number of aliphatic hydroxyl groups is 1. The highest BCUT2D eigenvalue weighted by molar-refractivity contribution is 6.35. The maximum atomic E-state index is 10.0. The van der Waals surface area contributed by atoms with Gasteiger partial charge in [0.25, 0.3) is 0 Å². The second kappa shape index (κ2) is 7.81. The highest BCUT2D eigenvalue weighted by Crippen LogP contribution is 2.43. The van der Waals surface area contributed by atoms with Crippen LogP contribution >= 0.6 is 23.2 Å². The Kier molecular flexibility index (Phi) is 5.14. The number of nitrogens with zero attached hydrogens (tertiary/aromatic N) is 5. The van der Waals surface area contributed by atoms with Crippen LogP contribution < -0.4 is 4.74 Å². The number of likely N-dealkylation sites (tertiary alicyclic amines) is 1. The molecular formula is C21H21Cl2N5O2. The second-order valence-corrected chi connectivity index (χ2v) is 8.68. The van der Waals surface area contributed by atoms with Crippen LogP contribution in [0.25, 0.3) is 5.69 Å². The minimum atomic E-state index is -0.299. The average molecular weight is 446 g/mol. The van der Waals surface area contributed by atoms with Gasteiger partial charge in [-0.3, -0.25) is 4.90 Å². The van der Waals surface area contributed by atoms with Crippen LogP contribution in [0.1, 0.15) is 29.5 Å². The van der Waals surface area contributed by atoms with Crippen molar-refractivity contribution in [3.05, 3.63) is 63.4 Å². The maximum Gasteiger partial charge on any atom is 0.153 e. The molecule has 1 fully saturated rings. The Labute approximate surface area is 184 Å². The first-order valence-corrected chi connectivity index (χ1v) is 10.7. The molecule has 5 rings (SSSR count). The van der Waals surface area contributed by atoms with Crippen molar-refractivity contribution in [3.8, 4) is 11.4 Å². The first-order chi connectivity index (χ1) is 14.5. The quantitative estimate of drug-likeness (QED) is 0.662. The molecule has 9 heteroatoms. The molecule has 3 atom stereocenters. The molecule has 1 aliphatic heterocycles. The summed E-state index contributed by atoms with van der Waals surface area (Å²) in [6.07, 6.45) is 1.02. The van der Waals surface area contributed by atoms with E-state index in [1.165, 1.54) is 0 Å². The van der Waals surface area contributed by atoms with E-state index in [0.29, 0.717) is 22.4 Å². The van der Waals surface area contributed by atoms with Crippen molar-refractivity contribution >= 4 is 23.2 Å². The van der Waals surface area contributed by atoms with Crippen LogP contribution in [0.15, 0.2) is 36.4 Å². The minimum absolute atomic E-state index is 0.0922. The maximum absolute atomic E-state index is 10.0. The monoisotopic (exact) mass is 445 g/mol. The van der Waals surface area contributed by atoms with E-state index >= 15 is 0 Å². The van der Waals surface area contributed by atoms with Gasteiger partial charge in [0, 0.05) is 28.7 Å². The molecule has 0 spiro atoms. The molecule has 1 saturated heterocycles. The molecule has 1 unspecified atom stereocenters. The summed E-state index contributed by atoms with van der Waals surface area (Å²) in [5, 5.41) is 22.9. The summed E-state index contributed by atoms with van der Waals surface area (Å²) in [6.45, 7) is 3.33. The minimum Gasteiger partial charge on any atom is -0.484 e. The largest absolute Gasteiger partial charge is 0.484 e. The highest BCUT2D eigenvalue weighted by Gasteiger charge is 2.41. The fourth-order valence-electron chi connectivity index (χ4n) is 4.43. The van der Waals surface area contributed by atoms with Crippen LogP contribution in [0.5, 0.6) is 5.75 Å². The van der Waals surface area contributed by atoms with Gasteiger partial charge in [-0.1, -0.05) is 23.2 Å². The van der Waals surface area contributed by atoms with Crippen molar-refractivity contribution in [1.29, 1.82) is 0 Å². The number of β-amino-alcohol motifs (C(OH)–C–C–N with tert-alkyl or cyclic N) is 1. The Hall–Kier alpha value is -2.19. The third-order valence-electron chi connectivity index (χ3n) is 5.90. The van der Waals surface area contributed by atoms with Crippen LogP contribution in [-0.2, 0) is 6.42 Å². The summed E-state index contributed by atoms with van der Waals surface area (Å²) < 4.78 is 8.14. The average Bonchev–Trinajstić information content (AvgIpc) is 3.42. The Bertz CT molecular complexity index is 1070. The lowest BCUT2D eigenvalue weighted by atomic mass is 10.1. The number of aliphatic hydroxyl groups excluding tert-OH is 1. The predicted molar refractivity (Wildman–Crippen MR) is 113 cm³/mol. The van der Waals surface area contributed by atoms with Gasteiger partial charge < -0.3 is 9.84 Å². The van der Waals surface area contributed by atoms with Crippen LogP contribution in [0.3, 0.4) is 0 Å². The lowest BCUT2D eigenvalue weighted by Gasteiger charge is -2.30. The zero-order valence-corrected chi connectivity index (χ0v) is 17.9. The van der Waals surface area contributed by atoms with E-state index in [2.05, 4.69) is 20.4 Å². The molecule has 2 heterocycles. The van der Waals surface area contributed by atoms with Gasteiger partial charge in [0.1, 0.15) is 11.9 Å². The zero-order valence-electron chi connectivity index (χ0n) is 16.4. The topological polar surface area (TPSA) is 76.3 Å². The standard InChI is InChI=1S/C21H21Cl2N5O2/c1-12-24-25-26-28(12)14-2-4-16(5-3-14)30-21-18-8-13(22)9-19(23)17(18)10-20(21)27-7-6-15(29)11-27/h2-5,8-9,15,20-21,29H,6-7,10-11H2,1H3/t15?,20-,21-/m0/s1. The molecule has 0 radical (unpaired) electrons. The van der Waals surface area contributed by atoms with Crippen molar-refractivity contribution < 1.29 is 9.84 Å². The van der Waals surface area contributed by atoms with Crippen LogP contribution in [-0.4, -0.2) is 55.4 Å². The van der Waals surface area contributed by atoms with E-state index in [-0.39, 0.29) is 18.2 Å². The van der Waals surface area contributed by atoms with Crippen molar-refractivity contribution in [1.82, 2.24) is 25.1 Å². The molecule has 2 aliphatic rings. The van der Waals surface area contributed by atoms with Crippen molar-refractivity contribution in [3.63, 3.8) is 0 Å². The number of hydrogen-bond acceptors (Lipinski definition) is 6. The highest BCUT2D eigenvalue weighted by atomic mass is 35.5. The number of hydrogen-bond donors (Lipinski definition) is 1. The molecule has 30 heavy (non-hydrogen) atoms. The van der Waals surface area contributed by atoms with Crippen LogP contribution in [0.4, 0.5) is 0 Å². The Balaban J connectivity index is 1.45. The lowest BCUT2D eigenvalue weighted by Crippen LogP contribution is -2.39. The van der Waals surface area contributed by atoms with Gasteiger partial charge in [-0.15, -0.1) is 5.10 Å². The number of aryl methyl sites for hydroxylation is 1. The molecule has 156 valence electrons. The number of benzene rings is 2. The summed E-state index contributed by atoms with van der Waals surface area (Å²) in [4.78, 5) is 2.29. The van der Waals surface area contributed by atoms with Crippen LogP contribution in [0.2, 0.25) is 10.0 Å². The van der Waals surface area contributed by atoms with Gasteiger partial charge in [-0.25, -0.2) is 0 Å². The molecule has 1 aliphatic carbocycles. The van der Waals surface area contributed by atoms with Crippen molar-refractivity contribution in [2.45, 2.75) is 38.0 Å².